The van der Waals surface area contributed by atoms with Gasteiger partial charge in [0.15, 0.2) is 0 Å². The second kappa shape index (κ2) is 20.2. The fourth-order valence-electron chi connectivity index (χ4n) is 7.73. The molecule has 6 amide bonds. The molecule has 0 spiro atoms. The minimum absolute atomic E-state index is 0.0193. The van der Waals surface area contributed by atoms with Crippen LogP contribution in [0.25, 0.3) is 0 Å². The second-order valence-electron chi connectivity index (χ2n) is 15.2. The molecule has 5 atom stereocenters. The molecule has 2 aromatic rings. The molecule has 1 aromatic heterocycles. The minimum atomic E-state index is -1.23. The average Bonchev–Trinajstić information content (AvgIpc) is 3.84. The molecule has 3 heterocycles. The van der Waals surface area contributed by atoms with Crippen molar-refractivity contribution in [2.75, 3.05) is 33.8 Å². The third-order valence-electron chi connectivity index (χ3n) is 10.7. The maximum absolute atomic E-state index is 14.5. The van der Waals surface area contributed by atoms with Crippen molar-refractivity contribution in [3.8, 4) is 0 Å². The lowest BCUT2D eigenvalue weighted by Crippen LogP contribution is -2.58. The van der Waals surface area contributed by atoms with Crippen LogP contribution in [0, 0.1) is 5.92 Å². The van der Waals surface area contributed by atoms with E-state index in [0.717, 1.165) is 44.9 Å². The van der Waals surface area contributed by atoms with Crippen molar-refractivity contribution < 1.29 is 38.3 Å². The molecule has 5 rings (SSSR count). The molecule has 1 saturated heterocycles. The predicted molar refractivity (Wildman–Crippen MR) is 204 cm³/mol. The van der Waals surface area contributed by atoms with Gasteiger partial charge in [0.2, 0.25) is 35.3 Å². The highest BCUT2D eigenvalue weighted by Gasteiger charge is 2.45. The van der Waals surface area contributed by atoms with Crippen LogP contribution in [0.3, 0.4) is 0 Å². The number of aromatic nitrogens is 2. The number of Topliss-reactive ketones (excluding diaryl/α,β-unsaturated/α-hetero) is 1. The van der Waals surface area contributed by atoms with Crippen LogP contribution < -0.4 is 21.3 Å². The predicted octanol–water partition coefficient (Wildman–Crippen LogP) is 1.19. The lowest BCUT2D eigenvalue weighted by Gasteiger charge is -2.34. The number of amides is 6. The molecule has 1 aromatic carbocycles. The number of ether oxygens (including phenoxy) is 1. The summed E-state index contributed by atoms with van der Waals surface area (Å²) in [5.74, 6) is -4.50. The third kappa shape index (κ3) is 11.2. The Balaban J connectivity index is 1.27. The summed E-state index contributed by atoms with van der Waals surface area (Å²) in [6.07, 6.45) is 9.83. The highest BCUT2D eigenvalue weighted by Crippen LogP contribution is 2.30. The van der Waals surface area contributed by atoms with Gasteiger partial charge in [-0.1, -0.05) is 62.9 Å². The van der Waals surface area contributed by atoms with Gasteiger partial charge in [-0.15, -0.1) is 0 Å². The first-order chi connectivity index (χ1) is 26.9. The standard InChI is InChI=1S/C40H56N8O8/c1-4-13-30(36(51)38(53)41-22-33(50)45-34(39(54)46(2)3)26-14-7-5-8-15-26)43-37(52)31-21-29-24-48(31)40(55)35(27-16-9-6-10-17-27)44-32(49)20-28-23-47(25-42-28)18-11-12-19-56-29/h5,7-8,14-15,23,25,27,29-31,34-35H,4,6,9-13,16-22,24H2,1-3H3,(H,41,53)(H,43,52)(H,44,49)(H,45,50)/t29-,30?,31+,34+,35+/m1/s1. The number of fused-ring (bicyclic) bond motifs is 4. The van der Waals surface area contributed by atoms with E-state index in [1.54, 1.807) is 57.7 Å². The van der Waals surface area contributed by atoms with Crippen molar-refractivity contribution >= 4 is 41.2 Å². The average molecular weight is 777 g/mol. The lowest BCUT2D eigenvalue weighted by molar-refractivity contribution is -0.144. The first-order valence-electron chi connectivity index (χ1n) is 19.8. The topological polar surface area (TPSA) is 201 Å². The van der Waals surface area contributed by atoms with E-state index in [-0.39, 0.29) is 49.4 Å². The first-order valence-corrected chi connectivity index (χ1v) is 19.8. The number of aryl methyl sites for hydroxylation is 1. The lowest BCUT2D eigenvalue weighted by atomic mass is 9.83. The number of benzene rings is 1. The zero-order chi connectivity index (χ0) is 40.2. The van der Waals surface area contributed by atoms with Crippen molar-refractivity contribution in [1.82, 2.24) is 40.6 Å². The quantitative estimate of drug-likeness (QED) is 0.229. The Kier molecular flexibility index (Phi) is 15.1. The van der Waals surface area contributed by atoms with Gasteiger partial charge in [0, 0.05) is 46.4 Å². The summed E-state index contributed by atoms with van der Waals surface area (Å²) in [5, 5.41) is 10.7. The van der Waals surface area contributed by atoms with Crippen LogP contribution in [-0.2, 0) is 51.3 Å². The molecule has 1 aliphatic carbocycles. The molecule has 2 fully saturated rings. The molecular formula is C40H56N8O8. The van der Waals surface area contributed by atoms with Crippen molar-refractivity contribution in [1.29, 1.82) is 0 Å². The van der Waals surface area contributed by atoms with Gasteiger partial charge in [-0.25, -0.2) is 4.98 Å². The van der Waals surface area contributed by atoms with Crippen LogP contribution in [0.1, 0.15) is 88.4 Å². The van der Waals surface area contributed by atoms with Crippen LogP contribution in [0.2, 0.25) is 0 Å². The van der Waals surface area contributed by atoms with E-state index >= 15 is 0 Å². The summed E-state index contributed by atoms with van der Waals surface area (Å²) in [6.45, 7) is 2.49. The highest BCUT2D eigenvalue weighted by atomic mass is 16.5. The number of rotatable bonds is 12. The summed E-state index contributed by atoms with van der Waals surface area (Å²) in [7, 11) is 3.12. The Morgan fingerprint density at radius 3 is 2.46 bits per heavy atom. The number of nitrogens with one attached hydrogen (secondary N) is 4. The zero-order valence-electron chi connectivity index (χ0n) is 32.7. The number of nitrogens with zero attached hydrogens (tertiary/aromatic N) is 4. The van der Waals surface area contributed by atoms with Gasteiger partial charge >= 0.3 is 0 Å². The largest absolute Gasteiger partial charge is 0.376 e. The zero-order valence-corrected chi connectivity index (χ0v) is 32.7. The summed E-state index contributed by atoms with van der Waals surface area (Å²) in [6, 6.07) is 4.55. The summed E-state index contributed by atoms with van der Waals surface area (Å²) >= 11 is 0. The third-order valence-corrected chi connectivity index (χ3v) is 10.7. The van der Waals surface area contributed by atoms with Gasteiger partial charge in [-0.2, -0.15) is 0 Å². The van der Waals surface area contributed by atoms with E-state index in [2.05, 4.69) is 26.3 Å². The fraction of sp³-hybridized carbons (Fsp3) is 0.600. The van der Waals surface area contributed by atoms with Gasteiger partial charge < -0.3 is 40.4 Å². The first kappa shape index (κ1) is 42.0. The summed E-state index contributed by atoms with van der Waals surface area (Å²) in [4.78, 5) is 102. The van der Waals surface area contributed by atoms with Gasteiger partial charge in [0.05, 0.1) is 37.1 Å². The molecule has 4 N–H and O–H groups in total. The van der Waals surface area contributed by atoms with E-state index in [0.29, 0.717) is 30.8 Å². The smallest absolute Gasteiger partial charge is 0.290 e. The van der Waals surface area contributed by atoms with E-state index in [1.165, 1.54) is 9.80 Å². The normalized spacial score (nSPS) is 22.0. The number of carbonyl (C=O) groups is 7. The van der Waals surface area contributed by atoms with Crippen molar-refractivity contribution in [3.63, 3.8) is 0 Å². The number of ketones is 1. The van der Waals surface area contributed by atoms with E-state index in [9.17, 15) is 33.6 Å². The van der Waals surface area contributed by atoms with Crippen LogP contribution >= 0.6 is 0 Å². The van der Waals surface area contributed by atoms with Gasteiger partial charge in [0.1, 0.15) is 18.1 Å². The number of hydrogen-bond donors (Lipinski definition) is 4. The van der Waals surface area contributed by atoms with Gasteiger partial charge in [-0.05, 0) is 43.6 Å². The van der Waals surface area contributed by atoms with Crippen LogP contribution in [0.15, 0.2) is 42.9 Å². The molecule has 56 heavy (non-hydrogen) atoms. The molecule has 3 aliphatic rings. The number of imidazole rings is 1. The summed E-state index contributed by atoms with van der Waals surface area (Å²) < 4.78 is 8.14. The summed E-state index contributed by atoms with van der Waals surface area (Å²) in [5.41, 5.74) is 1.15. The Labute approximate surface area is 327 Å². The van der Waals surface area contributed by atoms with Crippen LogP contribution in [0.5, 0.6) is 0 Å². The number of hydrogen-bond acceptors (Lipinski definition) is 9. The SMILES string of the molecule is CCCC(NC(=O)[C@@H]1C[C@@H]2CN1C(=O)[C@H](C1CCCCC1)NC(=O)Cc1cn(cn1)CCCCO2)C(=O)C(=O)NCC(=O)N[C@H](C(=O)N(C)C)c1ccccc1. The highest BCUT2D eigenvalue weighted by molar-refractivity contribution is 6.38. The molecule has 1 saturated carbocycles. The molecule has 2 aliphatic heterocycles. The molecule has 1 unspecified atom stereocenters. The van der Waals surface area contributed by atoms with Crippen LogP contribution in [0.4, 0.5) is 0 Å². The van der Waals surface area contributed by atoms with Crippen molar-refractivity contribution in [2.24, 2.45) is 5.92 Å². The maximum atomic E-state index is 14.5. The molecule has 4 bridgehead atoms. The second-order valence-corrected chi connectivity index (χ2v) is 15.2. The monoisotopic (exact) mass is 776 g/mol. The minimum Gasteiger partial charge on any atom is -0.376 e. The molecule has 304 valence electrons. The van der Waals surface area contributed by atoms with E-state index in [1.807, 2.05) is 10.8 Å². The molecule has 16 heteroatoms. The van der Waals surface area contributed by atoms with Crippen molar-refractivity contribution in [3.05, 3.63) is 54.1 Å². The Hall–Kier alpha value is -5.12. The Morgan fingerprint density at radius 1 is 1.00 bits per heavy atom. The molecule has 16 nitrogen and oxygen atoms in total. The van der Waals surface area contributed by atoms with Crippen LogP contribution in [-0.4, -0.2) is 119 Å². The molecule has 0 radical (unpaired) electrons. The number of likely N-dealkylation sites (N-methyl/N-ethyl adjacent to an activating group) is 1. The Bertz CT molecular complexity index is 1710. The maximum Gasteiger partial charge on any atom is 0.290 e. The molecular weight excluding hydrogens is 720 g/mol. The number of carbonyl (C=O) groups excluding carboxylic acids is 7. The Morgan fingerprint density at radius 2 is 1.75 bits per heavy atom. The van der Waals surface area contributed by atoms with Crippen molar-refractivity contribution in [2.45, 2.75) is 114 Å². The van der Waals surface area contributed by atoms with Gasteiger partial charge in [0.25, 0.3) is 5.91 Å². The van der Waals surface area contributed by atoms with E-state index < -0.39 is 60.3 Å². The van der Waals surface area contributed by atoms with E-state index in [4.69, 9.17) is 4.74 Å². The fourth-order valence-corrected chi connectivity index (χ4v) is 7.73. The van der Waals surface area contributed by atoms with Gasteiger partial charge in [-0.3, -0.25) is 33.6 Å².